The second kappa shape index (κ2) is 9.63. The Morgan fingerprint density at radius 2 is 2.30 bits per heavy atom. The highest BCUT2D eigenvalue weighted by atomic mass is 32.1. The number of carbonyl (C=O) groups excluding carboxylic acids is 1. The van der Waals surface area contributed by atoms with Gasteiger partial charge in [0.15, 0.2) is 11.5 Å². The van der Waals surface area contributed by atoms with E-state index in [1.165, 1.54) is 11.3 Å². The average molecular weight is 392 g/mol. The Labute approximate surface area is 161 Å². The maximum absolute atomic E-state index is 12.1. The van der Waals surface area contributed by atoms with Gasteiger partial charge < -0.3 is 20.3 Å². The first-order valence-corrected chi connectivity index (χ1v) is 9.99. The molecule has 2 aromatic rings. The molecule has 3 rings (SSSR count). The van der Waals surface area contributed by atoms with E-state index in [9.17, 15) is 9.59 Å². The second-order valence-corrected chi connectivity index (χ2v) is 7.46. The van der Waals surface area contributed by atoms with E-state index in [2.05, 4.69) is 20.7 Å². The van der Waals surface area contributed by atoms with Gasteiger partial charge in [0, 0.05) is 32.2 Å². The number of carboxylic acid groups (broad SMARTS) is 1. The minimum absolute atomic E-state index is 0.229. The van der Waals surface area contributed by atoms with E-state index in [4.69, 9.17) is 9.63 Å². The maximum atomic E-state index is 12.1. The molecule has 8 nitrogen and oxygen atoms in total. The summed E-state index contributed by atoms with van der Waals surface area (Å²) in [7, 11) is 0. The van der Waals surface area contributed by atoms with Crippen LogP contribution < -0.4 is 10.6 Å². The minimum Gasteiger partial charge on any atom is -0.480 e. The molecular formula is C18H24N4O4S. The molecule has 3 N–H and O–H groups in total. The predicted molar refractivity (Wildman–Crippen MR) is 102 cm³/mol. The number of hydrogen-bond donors (Lipinski definition) is 3. The molecule has 0 aliphatic carbocycles. The zero-order chi connectivity index (χ0) is 19.1. The van der Waals surface area contributed by atoms with E-state index in [-0.39, 0.29) is 5.91 Å². The van der Waals surface area contributed by atoms with Crippen molar-refractivity contribution in [2.45, 2.75) is 25.3 Å². The lowest BCUT2D eigenvalue weighted by Crippen LogP contribution is -2.54. The molecule has 1 fully saturated rings. The molecule has 1 aliphatic rings. The number of piperazine rings is 1. The summed E-state index contributed by atoms with van der Waals surface area (Å²) >= 11 is 1.54. The van der Waals surface area contributed by atoms with Crippen LogP contribution in [0, 0.1) is 0 Å². The Balaban J connectivity index is 1.30. The lowest BCUT2D eigenvalue weighted by atomic mass is 10.1. The topological polar surface area (TPSA) is 108 Å². The summed E-state index contributed by atoms with van der Waals surface area (Å²) in [6.45, 7) is 3.59. The van der Waals surface area contributed by atoms with Gasteiger partial charge in [-0.15, -0.1) is 11.3 Å². The molecule has 2 aromatic heterocycles. The number of aliphatic carboxylic acids is 1. The van der Waals surface area contributed by atoms with Crippen LogP contribution in [0.4, 0.5) is 0 Å². The number of rotatable bonds is 9. The van der Waals surface area contributed by atoms with Crippen molar-refractivity contribution < 1.29 is 19.2 Å². The van der Waals surface area contributed by atoms with Crippen LogP contribution in [0.3, 0.4) is 0 Å². The predicted octanol–water partition coefficient (Wildman–Crippen LogP) is 1.66. The quantitative estimate of drug-likeness (QED) is 0.557. The van der Waals surface area contributed by atoms with E-state index in [1.54, 1.807) is 6.07 Å². The second-order valence-electron chi connectivity index (χ2n) is 6.52. The number of hydrogen-bond acceptors (Lipinski definition) is 7. The van der Waals surface area contributed by atoms with Gasteiger partial charge >= 0.3 is 5.97 Å². The molecule has 1 amide bonds. The van der Waals surface area contributed by atoms with E-state index in [0.717, 1.165) is 37.2 Å². The highest BCUT2D eigenvalue weighted by Crippen LogP contribution is 2.25. The van der Waals surface area contributed by atoms with Gasteiger partial charge in [-0.2, -0.15) is 0 Å². The summed E-state index contributed by atoms with van der Waals surface area (Å²) in [6.07, 6.45) is 2.83. The number of carbonyl (C=O) groups is 2. The fourth-order valence-corrected chi connectivity index (χ4v) is 3.70. The Hall–Kier alpha value is -2.23. The van der Waals surface area contributed by atoms with Crippen LogP contribution in [0.5, 0.6) is 0 Å². The Bertz CT molecular complexity index is 746. The van der Waals surface area contributed by atoms with E-state index < -0.39 is 12.0 Å². The number of thiophene rings is 1. The molecule has 0 saturated carbocycles. The zero-order valence-corrected chi connectivity index (χ0v) is 15.8. The number of aromatic nitrogens is 1. The summed E-state index contributed by atoms with van der Waals surface area (Å²) in [4.78, 5) is 26.3. The molecule has 1 saturated heterocycles. The summed E-state index contributed by atoms with van der Waals surface area (Å²) in [6, 6.07) is 5.03. The highest BCUT2D eigenvalue weighted by molar-refractivity contribution is 7.13. The van der Waals surface area contributed by atoms with Crippen LogP contribution in [-0.2, 0) is 4.79 Å². The summed E-state index contributed by atoms with van der Waals surface area (Å²) in [5.41, 5.74) is 0.291. The van der Waals surface area contributed by atoms with Crippen molar-refractivity contribution in [1.82, 2.24) is 20.7 Å². The monoisotopic (exact) mass is 392 g/mol. The van der Waals surface area contributed by atoms with Gasteiger partial charge in [-0.3, -0.25) is 14.5 Å². The van der Waals surface area contributed by atoms with Gasteiger partial charge in [-0.05, 0) is 30.8 Å². The van der Waals surface area contributed by atoms with Crippen LogP contribution in [0.2, 0.25) is 0 Å². The van der Waals surface area contributed by atoms with Crippen molar-refractivity contribution in [3.05, 3.63) is 29.3 Å². The van der Waals surface area contributed by atoms with Gasteiger partial charge in [0.25, 0.3) is 5.91 Å². The molecular weight excluding hydrogens is 368 g/mol. The van der Waals surface area contributed by atoms with Gasteiger partial charge in [-0.1, -0.05) is 17.6 Å². The fraction of sp³-hybridized carbons (Fsp3) is 0.500. The van der Waals surface area contributed by atoms with E-state index >= 15 is 0 Å². The van der Waals surface area contributed by atoms with Crippen LogP contribution in [0.15, 0.2) is 28.1 Å². The number of nitrogens with one attached hydrogen (secondary N) is 2. The van der Waals surface area contributed by atoms with Crippen molar-refractivity contribution >= 4 is 23.2 Å². The molecule has 0 spiro atoms. The number of carboxylic acids is 1. The third-order valence-electron chi connectivity index (χ3n) is 4.50. The van der Waals surface area contributed by atoms with Crippen molar-refractivity contribution in [3.8, 4) is 10.6 Å². The molecule has 146 valence electrons. The molecule has 9 heteroatoms. The SMILES string of the molecule is O=C(NCCCCCN1CCNC(C(=O)O)C1)c1cc(-c2cccs2)on1. The summed E-state index contributed by atoms with van der Waals surface area (Å²) < 4.78 is 5.21. The Kier molecular flexibility index (Phi) is 6.97. The lowest BCUT2D eigenvalue weighted by molar-refractivity contribution is -0.140. The van der Waals surface area contributed by atoms with Crippen molar-refractivity contribution in [1.29, 1.82) is 0 Å². The highest BCUT2D eigenvalue weighted by Gasteiger charge is 2.24. The number of unbranched alkanes of at least 4 members (excludes halogenated alkanes) is 2. The van der Waals surface area contributed by atoms with Crippen molar-refractivity contribution in [2.75, 3.05) is 32.7 Å². The number of nitrogens with zero attached hydrogens (tertiary/aromatic N) is 2. The van der Waals surface area contributed by atoms with Crippen LogP contribution in [-0.4, -0.2) is 65.8 Å². The minimum atomic E-state index is -0.794. The molecule has 1 aliphatic heterocycles. The first kappa shape index (κ1) is 19.5. The summed E-state index contributed by atoms with van der Waals surface area (Å²) in [5.74, 6) is -0.420. The molecule has 1 unspecified atom stereocenters. The van der Waals surface area contributed by atoms with Crippen molar-refractivity contribution in [3.63, 3.8) is 0 Å². The Morgan fingerprint density at radius 3 is 3.07 bits per heavy atom. The smallest absolute Gasteiger partial charge is 0.322 e. The van der Waals surface area contributed by atoms with Gasteiger partial charge in [-0.25, -0.2) is 0 Å². The van der Waals surface area contributed by atoms with E-state index in [0.29, 0.717) is 31.1 Å². The number of amides is 1. The molecule has 3 heterocycles. The third kappa shape index (κ3) is 5.62. The third-order valence-corrected chi connectivity index (χ3v) is 5.39. The largest absolute Gasteiger partial charge is 0.480 e. The van der Waals surface area contributed by atoms with Crippen LogP contribution in [0.1, 0.15) is 29.8 Å². The van der Waals surface area contributed by atoms with Gasteiger partial charge in [0.05, 0.1) is 4.88 Å². The summed E-state index contributed by atoms with van der Waals surface area (Å²) in [5, 5.41) is 20.7. The first-order valence-electron chi connectivity index (χ1n) is 9.11. The molecule has 27 heavy (non-hydrogen) atoms. The normalized spacial score (nSPS) is 17.7. The maximum Gasteiger partial charge on any atom is 0.322 e. The molecule has 0 aromatic carbocycles. The van der Waals surface area contributed by atoms with Gasteiger partial charge in [0.1, 0.15) is 6.04 Å². The van der Waals surface area contributed by atoms with Crippen molar-refractivity contribution in [2.24, 2.45) is 0 Å². The standard InChI is InChI=1S/C18H24N4O4S/c23-17(13-11-15(26-21-13)16-5-4-10-27-16)20-6-2-1-3-8-22-9-7-19-14(12-22)18(24)25/h4-5,10-11,14,19H,1-3,6-9,12H2,(H,20,23)(H,24,25). The van der Waals surface area contributed by atoms with Crippen LogP contribution in [0.25, 0.3) is 10.6 Å². The first-order chi connectivity index (χ1) is 13.1. The van der Waals surface area contributed by atoms with E-state index in [1.807, 2.05) is 17.5 Å². The average Bonchev–Trinajstić information content (AvgIpc) is 3.36. The molecule has 0 radical (unpaired) electrons. The lowest BCUT2D eigenvalue weighted by Gasteiger charge is -2.31. The Morgan fingerprint density at radius 1 is 1.41 bits per heavy atom. The molecule has 1 atom stereocenters. The van der Waals surface area contributed by atoms with Gasteiger partial charge in [0.2, 0.25) is 0 Å². The zero-order valence-electron chi connectivity index (χ0n) is 15.0. The molecule has 0 bridgehead atoms. The fourth-order valence-electron chi connectivity index (χ4n) is 3.03. The van der Waals surface area contributed by atoms with Crippen LogP contribution >= 0.6 is 11.3 Å².